The summed E-state index contributed by atoms with van der Waals surface area (Å²) in [5.74, 6) is -0.849. The molecule has 0 fully saturated rings. The molecular weight excluding hydrogens is 490 g/mol. The Labute approximate surface area is 233 Å². The summed E-state index contributed by atoms with van der Waals surface area (Å²) in [6.07, 6.45) is 0. The number of phenols is 1. The van der Waals surface area contributed by atoms with Gasteiger partial charge in [0.15, 0.2) is 5.75 Å². The van der Waals surface area contributed by atoms with Crippen molar-refractivity contribution >= 4 is 112 Å². The van der Waals surface area contributed by atoms with Crippen LogP contribution in [0.3, 0.4) is 0 Å². The molecule has 4 rings (SSSR count). The van der Waals surface area contributed by atoms with Crippen LogP contribution in [-0.4, -0.2) is 90.2 Å². The van der Waals surface area contributed by atoms with Crippen LogP contribution >= 0.6 is 0 Å². The maximum absolute atomic E-state index is 11.7. The minimum absolute atomic E-state index is 0. The molecule has 0 atom stereocenters. The zero-order valence-corrected chi connectivity index (χ0v) is 17.2. The molecule has 4 aromatic carbocycles. The molecule has 4 aromatic rings. The van der Waals surface area contributed by atoms with E-state index in [1.807, 2.05) is 30.3 Å². The van der Waals surface area contributed by atoms with Gasteiger partial charge < -0.3 is 5.11 Å². The van der Waals surface area contributed by atoms with Gasteiger partial charge in [0.1, 0.15) is 10.6 Å². The van der Waals surface area contributed by atoms with Crippen molar-refractivity contribution in [3.8, 4) is 5.75 Å². The topological polar surface area (TPSA) is 154 Å². The summed E-state index contributed by atoms with van der Waals surface area (Å²) in [6, 6.07) is 16.8. The number of rotatable bonds is 4. The van der Waals surface area contributed by atoms with Crippen LogP contribution < -0.4 is 0 Å². The monoisotopic (exact) mass is 506 g/mol. The first kappa shape index (κ1) is 27.9. The molecule has 0 aliphatic rings. The van der Waals surface area contributed by atoms with Gasteiger partial charge in [0.2, 0.25) is 0 Å². The Balaban J connectivity index is 0.00000193. The zero-order chi connectivity index (χ0) is 22.4. The van der Waals surface area contributed by atoms with Gasteiger partial charge in [-0.25, -0.2) is 0 Å². The number of fused-ring (bicyclic) bond motifs is 2. The summed E-state index contributed by atoms with van der Waals surface area (Å²) in [6.45, 7) is 0. The Morgan fingerprint density at radius 3 is 2.00 bits per heavy atom. The van der Waals surface area contributed by atoms with Crippen molar-refractivity contribution in [1.82, 2.24) is 0 Å². The van der Waals surface area contributed by atoms with E-state index < -0.39 is 35.8 Å². The second-order valence-corrected chi connectivity index (χ2v) is 9.41. The Morgan fingerprint density at radius 1 is 0.667 bits per heavy atom. The first-order valence-corrected chi connectivity index (χ1v) is 11.6. The molecule has 0 aliphatic carbocycles. The van der Waals surface area contributed by atoms with Crippen LogP contribution in [-0.2, 0) is 20.2 Å². The predicted molar refractivity (Wildman–Crippen MR) is 128 cm³/mol. The average molecular weight is 506 g/mol. The molecule has 0 bridgehead atoms. The molecule has 33 heavy (non-hydrogen) atoms. The summed E-state index contributed by atoms with van der Waals surface area (Å²) < 4.78 is 65.1. The van der Waals surface area contributed by atoms with Crippen LogP contribution in [0.15, 0.2) is 86.7 Å². The van der Waals surface area contributed by atoms with E-state index in [0.29, 0.717) is 5.69 Å². The van der Waals surface area contributed by atoms with E-state index in [9.17, 15) is 31.0 Å². The minimum atomic E-state index is -4.88. The van der Waals surface area contributed by atoms with E-state index in [2.05, 4.69) is 10.2 Å². The van der Waals surface area contributed by atoms with E-state index >= 15 is 0 Å². The zero-order valence-electron chi connectivity index (χ0n) is 15.5. The Kier molecular flexibility index (Phi) is 8.85. The third-order valence-electron chi connectivity index (χ3n) is 4.62. The number of nitrogens with zero attached hydrogens (tertiary/aromatic N) is 2. The Hall–Kier alpha value is -1.38. The van der Waals surface area contributed by atoms with E-state index in [1.165, 1.54) is 6.07 Å². The molecule has 9 nitrogen and oxygen atoms in total. The van der Waals surface area contributed by atoms with Crippen molar-refractivity contribution < 1.29 is 31.0 Å². The van der Waals surface area contributed by atoms with Crippen LogP contribution in [0, 0.1) is 0 Å². The summed E-state index contributed by atoms with van der Waals surface area (Å²) in [5, 5.41) is 20.4. The second-order valence-electron chi connectivity index (χ2n) is 6.60. The summed E-state index contributed by atoms with van der Waals surface area (Å²) in [4.78, 5) is -1.37. The summed E-state index contributed by atoms with van der Waals surface area (Å²) in [5.41, 5.74) is 0.150. The molecule has 0 aliphatic heterocycles. The van der Waals surface area contributed by atoms with Crippen LogP contribution in [0.2, 0.25) is 0 Å². The standard InChI is InChI=1S/C20H14N2O7S2.2Na.2H/c23-20-18(31(27,28)29)11-13-10-14(30(24,25)26)8-9-16(13)19(20)22-21-17-7-3-5-12-4-1-2-6-15(12)17;;;;/h1-11,23H,(H,24,25,26)(H,27,28,29);;;;/b22-21+;;;;. The van der Waals surface area contributed by atoms with Gasteiger partial charge in [0.25, 0.3) is 20.2 Å². The van der Waals surface area contributed by atoms with Crippen molar-refractivity contribution in [2.45, 2.75) is 9.79 Å². The summed E-state index contributed by atoms with van der Waals surface area (Å²) in [7, 11) is -9.45. The second kappa shape index (κ2) is 10.5. The van der Waals surface area contributed by atoms with Crippen molar-refractivity contribution in [2.24, 2.45) is 10.2 Å². The van der Waals surface area contributed by atoms with Gasteiger partial charge in [-0.2, -0.15) is 16.8 Å². The van der Waals surface area contributed by atoms with Gasteiger partial charge in [0.05, 0.1) is 10.6 Å². The van der Waals surface area contributed by atoms with Crippen LogP contribution in [0.5, 0.6) is 5.75 Å². The quantitative estimate of drug-likeness (QED) is 0.218. The van der Waals surface area contributed by atoms with E-state index in [0.717, 1.165) is 29.0 Å². The number of azo groups is 1. The number of benzene rings is 4. The molecule has 162 valence electrons. The molecule has 0 saturated carbocycles. The molecule has 0 amide bonds. The number of phenolic OH excluding ortho intramolecular Hbond substituents is 1. The number of hydrogen-bond acceptors (Lipinski definition) is 7. The first-order valence-electron chi connectivity index (χ1n) is 8.70. The molecule has 3 N–H and O–H groups in total. The van der Waals surface area contributed by atoms with Crippen molar-refractivity contribution in [3.63, 3.8) is 0 Å². The Morgan fingerprint density at radius 2 is 1.33 bits per heavy atom. The van der Waals surface area contributed by atoms with Gasteiger partial charge in [-0.15, -0.1) is 10.2 Å². The number of aromatic hydroxyl groups is 1. The molecule has 0 unspecified atom stereocenters. The molecule has 13 heteroatoms. The molecule has 0 heterocycles. The van der Waals surface area contributed by atoms with Crippen LogP contribution in [0.25, 0.3) is 21.5 Å². The SMILES string of the molecule is O=S(=O)(O)c1ccc2c(/N=N/c3cccc4ccccc34)c(O)c(S(=O)(=O)O)cc2c1.[NaH].[NaH]. The fraction of sp³-hybridized carbons (Fsp3) is 0. The van der Waals surface area contributed by atoms with E-state index in [4.69, 9.17) is 0 Å². The third-order valence-corrected chi connectivity index (χ3v) is 6.34. The van der Waals surface area contributed by atoms with Crippen molar-refractivity contribution in [3.05, 3.63) is 66.7 Å². The van der Waals surface area contributed by atoms with Crippen molar-refractivity contribution in [1.29, 1.82) is 0 Å². The fourth-order valence-electron chi connectivity index (χ4n) is 3.19. The molecule has 0 spiro atoms. The Bertz CT molecular complexity index is 1600. The number of hydrogen-bond donors (Lipinski definition) is 3. The van der Waals surface area contributed by atoms with E-state index in [1.54, 1.807) is 12.1 Å². The average Bonchev–Trinajstić information content (AvgIpc) is 2.71. The first-order chi connectivity index (χ1) is 14.6. The molecule has 0 saturated heterocycles. The van der Waals surface area contributed by atoms with Crippen LogP contribution in [0.1, 0.15) is 0 Å². The van der Waals surface area contributed by atoms with Gasteiger partial charge in [0, 0.05) is 10.8 Å². The fourth-order valence-corrected chi connectivity index (χ4v) is 4.32. The summed E-state index contributed by atoms with van der Waals surface area (Å²) >= 11 is 0. The predicted octanol–water partition coefficient (Wildman–Crippen LogP) is 3.31. The van der Waals surface area contributed by atoms with Gasteiger partial charge >= 0.3 is 59.1 Å². The normalized spacial score (nSPS) is 11.9. The van der Waals surface area contributed by atoms with Gasteiger partial charge in [-0.3, -0.25) is 9.11 Å². The maximum atomic E-state index is 11.7. The van der Waals surface area contributed by atoms with Crippen molar-refractivity contribution in [2.75, 3.05) is 0 Å². The molecule has 0 aromatic heterocycles. The molecule has 0 radical (unpaired) electrons. The van der Waals surface area contributed by atoms with Gasteiger partial charge in [-0.1, -0.05) is 42.5 Å². The van der Waals surface area contributed by atoms with Gasteiger partial charge in [-0.05, 0) is 35.0 Å². The van der Waals surface area contributed by atoms with E-state index in [-0.39, 0.29) is 75.6 Å². The third kappa shape index (κ3) is 5.82. The molecular formula is C20H16N2Na2O7S2. The van der Waals surface area contributed by atoms with Crippen LogP contribution in [0.4, 0.5) is 11.4 Å².